The fraction of sp³-hybridized carbons (Fsp3) is 0.552. The van der Waals surface area contributed by atoms with Gasteiger partial charge in [0.1, 0.15) is 11.5 Å². The highest BCUT2D eigenvalue weighted by Crippen LogP contribution is 2.21. The van der Waals surface area contributed by atoms with Gasteiger partial charge in [-0.2, -0.15) is 0 Å². The van der Waals surface area contributed by atoms with E-state index in [4.69, 9.17) is 9.47 Å². The summed E-state index contributed by atoms with van der Waals surface area (Å²) in [6.07, 6.45) is 14.9. The molecule has 2 aromatic rings. The summed E-state index contributed by atoms with van der Waals surface area (Å²) in [6.45, 7) is 8.79. The van der Waals surface area contributed by atoms with Crippen LogP contribution in [-0.4, -0.2) is 18.4 Å². The molecule has 0 amide bonds. The van der Waals surface area contributed by atoms with Crippen molar-refractivity contribution in [2.75, 3.05) is 0 Å². The lowest BCUT2D eigenvalue weighted by Crippen LogP contribution is -2.11. The summed E-state index contributed by atoms with van der Waals surface area (Å²) in [5, 5.41) is 0. The maximum atomic E-state index is 6.04. The lowest BCUT2D eigenvalue weighted by molar-refractivity contribution is 0.206. The van der Waals surface area contributed by atoms with Gasteiger partial charge >= 0.3 is 0 Å². The van der Waals surface area contributed by atoms with Gasteiger partial charge in [0.15, 0.2) is 0 Å². The van der Waals surface area contributed by atoms with E-state index in [0.29, 0.717) is 0 Å². The number of ether oxygens (including phenoxy) is 2. The van der Waals surface area contributed by atoms with E-state index < -0.39 is 0 Å². The third-order valence-electron chi connectivity index (χ3n) is 5.68. The zero-order valence-corrected chi connectivity index (χ0v) is 20.7. The predicted molar refractivity (Wildman–Crippen MR) is 138 cm³/mol. The predicted octanol–water partition coefficient (Wildman–Crippen LogP) is 8.91. The van der Waals surface area contributed by atoms with Crippen molar-refractivity contribution in [2.24, 2.45) is 4.99 Å². The molecule has 2 aromatic carbocycles. The molecule has 0 radical (unpaired) electrons. The molecule has 3 nitrogen and oxygen atoms in total. The molecule has 0 aliphatic carbocycles. The summed E-state index contributed by atoms with van der Waals surface area (Å²) >= 11 is 0. The molecule has 0 bridgehead atoms. The molecule has 32 heavy (non-hydrogen) atoms. The van der Waals surface area contributed by atoms with Gasteiger partial charge in [-0.25, -0.2) is 0 Å². The van der Waals surface area contributed by atoms with Crippen molar-refractivity contribution in [2.45, 2.75) is 104 Å². The van der Waals surface area contributed by atoms with Crippen LogP contribution in [0.5, 0.6) is 11.5 Å². The van der Waals surface area contributed by atoms with Gasteiger partial charge < -0.3 is 9.47 Å². The third kappa shape index (κ3) is 10.8. The number of unbranched alkanes of at least 4 members (excludes halogenated alkanes) is 6. The molecule has 0 fully saturated rings. The second kappa shape index (κ2) is 15.5. The van der Waals surface area contributed by atoms with Gasteiger partial charge in [-0.15, -0.1) is 0 Å². The van der Waals surface area contributed by atoms with Crippen molar-refractivity contribution in [3.63, 3.8) is 0 Å². The van der Waals surface area contributed by atoms with Crippen molar-refractivity contribution >= 4 is 11.9 Å². The number of rotatable bonds is 16. The van der Waals surface area contributed by atoms with Gasteiger partial charge in [-0.3, -0.25) is 4.99 Å². The van der Waals surface area contributed by atoms with E-state index in [1.54, 1.807) is 0 Å². The Morgan fingerprint density at radius 1 is 0.656 bits per heavy atom. The molecule has 0 aliphatic heterocycles. The van der Waals surface area contributed by atoms with Gasteiger partial charge in [0, 0.05) is 6.21 Å². The molecule has 0 N–H and O–H groups in total. The lowest BCUT2D eigenvalue weighted by Gasteiger charge is -2.14. The second-order valence-corrected chi connectivity index (χ2v) is 8.88. The van der Waals surface area contributed by atoms with E-state index in [1.165, 1.54) is 51.4 Å². The first kappa shape index (κ1) is 26.0. The Morgan fingerprint density at radius 2 is 1.12 bits per heavy atom. The Kier molecular flexibility index (Phi) is 12.6. The number of benzene rings is 2. The van der Waals surface area contributed by atoms with Gasteiger partial charge in [0.05, 0.1) is 17.9 Å². The fourth-order valence-electron chi connectivity index (χ4n) is 3.69. The average molecular weight is 438 g/mol. The monoisotopic (exact) mass is 437 g/mol. The first-order valence-corrected chi connectivity index (χ1v) is 12.7. The zero-order valence-electron chi connectivity index (χ0n) is 20.7. The zero-order chi connectivity index (χ0) is 23.0. The summed E-state index contributed by atoms with van der Waals surface area (Å²) in [6, 6.07) is 16.2. The van der Waals surface area contributed by atoms with Gasteiger partial charge in [0.2, 0.25) is 0 Å². The smallest absolute Gasteiger partial charge is 0.119 e. The maximum absolute atomic E-state index is 6.04. The lowest BCUT2D eigenvalue weighted by atomic mass is 10.1. The van der Waals surface area contributed by atoms with Crippen molar-refractivity contribution in [1.29, 1.82) is 0 Å². The summed E-state index contributed by atoms with van der Waals surface area (Å²) in [5.74, 6) is 1.84. The number of nitrogens with zero attached hydrogens (tertiary/aromatic N) is 1. The molecule has 3 heteroatoms. The molecule has 0 aliphatic rings. The summed E-state index contributed by atoms with van der Waals surface area (Å²) in [7, 11) is 0. The van der Waals surface area contributed by atoms with E-state index in [-0.39, 0.29) is 12.2 Å². The molecule has 2 atom stereocenters. The third-order valence-corrected chi connectivity index (χ3v) is 5.68. The normalized spacial score (nSPS) is 13.2. The summed E-state index contributed by atoms with van der Waals surface area (Å²) < 4.78 is 12.1. The fourth-order valence-corrected chi connectivity index (χ4v) is 3.69. The maximum Gasteiger partial charge on any atom is 0.119 e. The molecular weight excluding hydrogens is 394 g/mol. The Hall–Kier alpha value is -2.29. The Morgan fingerprint density at radius 3 is 1.59 bits per heavy atom. The molecule has 0 unspecified atom stereocenters. The highest BCUT2D eigenvalue weighted by atomic mass is 16.5. The minimum atomic E-state index is 0.251. The Labute approximate surface area is 196 Å². The average Bonchev–Trinajstić information content (AvgIpc) is 2.80. The topological polar surface area (TPSA) is 30.8 Å². The van der Waals surface area contributed by atoms with Gasteiger partial charge in [-0.1, -0.05) is 52.4 Å². The van der Waals surface area contributed by atoms with Crippen LogP contribution in [0.25, 0.3) is 0 Å². The molecule has 0 saturated heterocycles. The number of hydrogen-bond acceptors (Lipinski definition) is 3. The van der Waals surface area contributed by atoms with Crippen LogP contribution >= 0.6 is 0 Å². The molecular formula is C29H43NO2. The van der Waals surface area contributed by atoms with E-state index >= 15 is 0 Å². The Balaban J connectivity index is 1.76. The molecule has 0 spiro atoms. The molecule has 2 rings (SSSR count). The highest BCUT2D eigenvalue weighted by Gasteiger charge is 2.05. The molecule has 0 aromatic heterocycles. The van der Waals surface area contributed by atoms with Gasteiger partial charge in [0.25, 0.3) is 0 Å². The standard InChI is InChI=1S/C29H43NO2/c1-5-7-9-11-13-24(3)31-28-19-15-26(16-20-28)23-30-27-17-21-29(22-18-27)32-25(4)14-12-10-8-6-2/h15-25H,5-14H2,1-4H3/t24-,25-/m0/s1. The first-order chi connectivity index (χ1) is 15.6. The van der Waals surface area contributed by atoms with Crippen LogP contribution in [0, 0.1) is 0 Å². The van der Waals surface area contributed by atoms with Crippen LogP contribution in [0.15, 0.2) is 53.5 Å². The van der Waals surface area contributed by atoms with Crippen LogP contribution in [0.3, 0.4) is 0 Å². The van der Waals surface area contributed by atoms with E-state index in [0.717, 1.165) is 35.6 Å². The van der Waals surface area contributed by atoms with E-state index in [2.05, 4.69) is 44.8 Å². The van der Waals surface area contributed by atoms with E-state index in [9.17, 15) is 0 Å². The minimum Gasteiger partial charge on any atom is -0.491 e. The van der Waals surface area contributed by atoms with Crippen LogP contribution < -0.4 is 9.47 Å². The minimum absolute atomic E-state index is 0.251. The van der Waals surface area contributed by atoms with Gasteiger partial charge in [-0.05, 0) is 93.6 Å². The first-order valence-electron chi connectivity index (χ1n) is 12.7. The van der Waals surface area contributed by atoms with Crippen molar-refractivity contribution in [3.05, 3.63) is 54.1 Å². The molecule has 176 valence electrons. The Bertz CT molecular complexity index is 686. The number of hydrogen-bond donors (Lipinski definition) is 0. The molecule has 0 saturated carbocycles. The van der Waals surface area contributed by atoms with Crippen LogP contribution in [0.1, 0.15) is 97.5 Å². The largest absolute Gasteiger partial charge is 0.491 e. The van der Waals surface area contributed by atoms with Crippen molar-refractivity contribution in [3.8, 4) is 11.5 Å². The van der Waals surface area contributed by atoms with Crippen LogP contribution in [0.2, 0.25) is 0 Å². The van der Waals surface area contributed by atoms with Crippen LogP contribution in [0.4, 0.5) is 5.69 Å². The summed E-state index contributed by atoms with van der Waals surface area (Å²) in [5.41, 5.74) is 1.99. The quantitative estimate of drug-likeness (QED) is 0.194. The highest BCUT2D eigenvalue weighted by molar-refractivity contribution is 5.82. The SMILES string of the molecule is CCCCCC[C@H](C)Oc1ccc(C=Nc2ccc(O[C@@H](C)CCCCCC)cc2)cc1. The number of aliphatic imine (C=N–C) groups is 1. The second-order valence-electron chi connectivity index (χ2n) is 8.88. The van der Waals surface area contributed by atoms with Crippen molar-refractivity contribution < 1.29 is 9.47 Å². The van der Waals surface area contributed by atoms with E-state index in [1.807, 2.05) is 42.6 Å². The van der Waals surface area contributed by atoms with Crippen molar-refractivity contribution in [1.82, 2.24) is 0 Å². The van der Waals surface area contributed by atoms with Crippen LogP contribution in [-0.2, 0) is 0 Å². The summed E-state index contributed by atoms with van der Waals surface area (Å²) in [4.78, 5) is 4.59. The molecule has 0 heterocycles.